The third-order valence-electron chi connectivity index (χ3n) is 6.59. The van der Waals surface area contributed by atoms with E-state index in [4.69, 9.17) is 4.74 Å². The van der Waals surface area contributed by atoms with E-state index in [1.54, 1.807) is 32.1 Å². The van der Waals surface area contributed by atoms with Gasteiger partial charge in [-0.3, -0.25) is 14.4 Å². The molecule has 1 aromatic carbocycles. The average Bonchev–Trinajstić information content (AvgIpc) is 2.75. The van der Waals surface area contributed by atoms with Gasteiger partial charge in [-0.2, -0.15) is 0 Å². The quantitative estimate of drug-likeness (QED) is 0.240. The minimum Gasteiger partial charge on any atom is -0.511 e. The van der Waals surface area contributed by atoms with Gasteiger partial charge in [-0.15, -0.1) is 0 Å². The number of phenols is 2. The number of Topliss-reactive ketones (excluding diaryl/α,β-unsaturated/α-hetero) is 3. The Morgan fingerprint density at radius 1 is 0.972 bits per heavy atom. The molecule has 0 bridgehead atoms. The first-order chi connectivity index (χ1) is 16.5. The molecule has 1 heterocycles. The normalized spacial score (nSPS) is 20.7. The van der Waals surface area contributed by atoms with Crippen molar-refractivity contribution in [2.45, 2.75) is 66.9 Å². The van der Waals surface area contributed by atoms with E-state index in [-0.39, 0.29) is 40.9 Å². The number of aliphatic hydroxyl groups is 2. The third-order valence-corrected chi connectivity index (χ3v) is 6.59. The second kappa shape index (κ2) is 9.00. The maximum Gasteiger partial charge on any atom is 0.183 e. The van der Waals surface area contributed by atoms with Crippen LogP contribution in [0.15, 0.2) is 40.4 Å². The van der Waals surface area contributed by atoms with Gasteiger partial charge in [0.05, 0.1) is 11.0 Å². The zero-order chi connectivity index (χ0) is 27.3. The third kappa shape index (κ3) is 4.32. The number of allylic oxidation sites excluding steroid dienone is 5. The van der Waals surface area contributed by atoms with Crippen molar-refractivity contribution in [2.24, 2.45) is 5.41 Å². The van der Waals surface area contributed by atoms with Crippen LogP contribution in [0.4, 0.5) is 0 Å². The summed E-state index contributed by atoms with van der Waals surface area (Å²) in [5, 5.41) is 44.1. The van der Waals surface area contributed by atoms with Gasteiger partial charge in [0.2, 0.25) is 0 Å². The Morgan fingerprint density at radius 3 is 2.11 bits per heavy atom. The number of aliphatic hydroxyl groups excluding tert-OH is 2. The molecule has 0 radical (unpaired) electrons. The molecule has 3 rings (SSSR count). The highest BCUT2D eigenvalue weighted by molar-refractivity contribution is 6.23. The van der Waals surface area contributed by atoms with Crippen molar-refractivity contribution in [3.05, 3.63) is 57.1 Å². The van der Waals surface area contributed by atoms with Crippen LogP contribution in [0.1, 0.15) is 76.4 Å². The summed E-state index contributed by atoms with van der Waals surface area (Å²) < 4.78 is 6.02. The zero-order valence-corrected chi connectivity index (χ0v) is 21.6. The fourth-order valence-corrected chi connectivity index (χ4v) is 4.48. The first-order valence-electron chi connectivity index (χ1n) is 11.6. The molecule has 0 spiro atoms. The summed E-state index contributed by atoms with van der Waals surface area (Å²) in [5.41, 5.74) is -2.27. The van der Waals surface area contributed by atoms with E-state index in [1.807, 2.05) is 13.8 Å². The lowest BCUT2D eigenvalue weighted by Gasteiger charge is -2.34. The molecule has 0 fully saturated rings. The Bertz CT molecular complexity index is 1320. The van der Waals surface area contributed by atoms with Crippen molar-refractivity contribution in [3.8, 4) is 17.2 Å². The Kier molecular flexibility index (Phi) is 6.70. The van der Waals surface area contributed by atoms with Crippen LogP contribution >= 0.6 is 0 Å². The molecule has 1 aliphatic heterocycles. The molecular formula is C28H32O8. The number of carbonyl (C=O) groups is 3. The SMILES string of the molecule is CC(=O)C1=C(O)C(Cc2c(O)c(C(C)=O)c(O)c3c2OC(C)(C)C=C3)=C(O)C(C)(CC=C(C)C)C1=O. The molecular weight excluding hydrogens is 464 g/mol. The van der Waals surface area contributed by atoms with Gasteiger partial charge in [-0.1, -0.05) is 11.6 Å². The molecule has 0 aromatic heterocycles. The fourth-order valence-electron chi connectivity index (χ4n) is 4.48. The maximum absolute atomic E-state index is 13.3. The highest BCUT2D eigenvalue weighted by Gasteiger charge is 2.47. The summed E-state index contributed by atoms with van der Waals surface area (Å²) in [6, 6.07) is 0. The molecule has 0 amide bonds. The van der Waals surface area contributed by atoms with Crippen LogP contribution in [0.25, 0.3) is 6.08 Å². The van der Waals surface area contributed by atoms with E-state index in [9.17, 15) is 34.8 Å². The Labute approximate surface area is 209 Å². The van der Waals surface area contributed by atoms with Crippen LogP contribution in [-0.4, -0.2) is 43.4 Å². The summed E-state index contributed by atoms with van der Waals surface area (Å²) >= 11 is 0. The van der Waals surface area contributed by atoms with Gasteiger partial charge in [0.1, 0.15) is 45.5 Å². The van der Waals surface area contributed by atoms with Crippen LogP contribution in [0.2, 0.25) is 0 Å². The first kappa shape index (κ1) is 26.8. The number of carbonyl (C=O) groups excluding carboxylic acids is 3. The van der Waals surface area contributed by atoms with Crippen LogP contribution in [-0.2, 0) is 16.0 Å². The van der Waals surface area contributed by atoms with E-state index in [2.05, 4.69) is 0 Å². The Balaban J connectivity index is 2.35. The second-order valence-electron chi connectivity index (χ2n) is 10.3. The van der Waals surface area contributed by atoms with Crippen molar-refractivity contribution in [3.63, 3.8) is 0 Å². The lowest BCUT2D eigenvalue weighted by atomic mass is 9.70. The summed E-state index contributed by atoms with van der Waals surface area (Å²) in [5.74, 6) is -4.13. The number of ketones is 3. The molecule has 4 N–H and O–H groups in total. The van der Waals surface area contributed by atoms with Gasteiger partial charge in [0.25, 0.3) is 0 Å². The number of ether oxygens (including phenoxy) is 1. The highest BCUT2D eigenvalue weighted by atomic mass is 16.5. The molecule has 2 aliphatic rings. The molecule has 1 aliphatic carbocycles. The summed E-state index contributed by atoms with van der Waals surface area (Å²) in [4.78, 5) is 38.0. The van der Waals surface area contributed by atoms with E-state index in [0.29, 0.717) is 0 Å². The molecule has 8 heteroatoms. The average molecular weight is 497 g/mol. The molecule has 1 atom stereocenters. The molecule has 1 aromatic rings. The second-order valence-corrected chi connectivity index (χ2v) is 10.3. The largest absolute Gasteiger partial charge is 0.511 e. The summed E-state index contributed by atoms with van der Waals surface area (Å²) in [7, 11) is 0. The number of fused-ring (bicyclic) bond motifs is 1. The number of benzene rings is 1. The number of phenolic OH excluding ortho intramolecular Hbond substituents is 2. The Morgan fingerprint density at radius 2 is 1.58 bits per heavy atom. The Hall–Kier alpha value is -3.81. The summed E-state index contributed by atoms with van der Waals surface area (Å²) in [6.45, 7) is 11.0. The standard InChI is InChI=1S/C28H32O8/c1-13(2)8-11-28(7)25(34)18(23(33)20(15(4)30)26(28)35)12-17-22(32)19(14(3)29)21(31)16-9-10-27(5,6)36-24(16)17/h8-10,31-34H,11-12H2,1-7H3. The first-order valence-corrected chi connectivity index (χ1v) is 11.6. The molecule has 0 saturated heterocycles. The number of aromatic hydroxyl groups is 2. The minimum absolute atomic E-state index is 0.0142. The van der Waals surface area contributed by atoms with Crippen LogP contribution < -0.4 is 4.74 Å². The van der Waals surface area contributed by atoms with Crippen LogP contribution in [0.3, 0.4) is 0 Å². The monoisotopic (exact) mass is 496 g/mol. The van der Waals surface area contributed by atoms with Gasteiger partial charge in [0.15, 0.2) is 17.3 Å². The topological polar surface area (TPSA) is 141 Å². The van der Waals surface area contributed by atoms with Crippen molar-refractivity contribution in [2.75, 3.05) is 0 Å². The maximum atomic E-state index is 13.3. The number of hydrogen-bond acceptors (Lipinski definition) is 8. The molecule has 8 nitrogen and oxygen atoms in total. The van der Waals surface area contributed by atoms with Gasteiger partial charge in [0, 0.05) is 17.6 Å². The van der Waals surface area contributed by atoms with Crippen LogP contribution in [0.5, 0.6) is 17.2 Å². The van der Waals surface area contributed by atoms with Crippen molar-refractivity contribution >= 4 is 23.4 Å². The lowest BCUT2D eigenvalue weighted by Crippen LogP contribution is -2.38. The van der Waals surface area contributed by atoms with E-state index in [0.717, 1.165) is 12.5 Å². The number of rotatable bonds is 6. The van der Waals surface area contributed by atoms with E-state index >= 15 is 0 Å². The predicted molar refractivity (Wildman–Crippen MR) is 134 cm³/mol. The highest BCUT2D eigenvalue weighted by Crippen LogP contribution is 2.50. The van der Waals surface area contributed by atoms with Crippen molar-refractivity contribution < 1.29 is 39.5 Å². The van der Waals surface area contributed by atoms with E-state index < -0.39 is 57.0 Å². The molecule has 192 valence electrons. The fraction of sp³-hybridized carbons (Fsp3) is 0.393. The van der Waals surface area contributed by atoms with Crippen molar-refractivity contribution in [1.82, 2.24) is 0 Å². The van der Waals surface area contributed by atoms with Gasteiger partial charge < -0.3 is 25.2 Å². The molecule has 36 heavy (non-hydrogen) atoms. The van der Waals surface area contributed by atoms with Gasteiger partial charge >= 0.3 is 0 Å². The lowest BCUT2D eigenvalue weighted by molar-refractivity contribution is -0.127. The zero-order valence-electron chi connectivity index (χ0n) is 21.6. The smallest absolute Gasteiger partial charge is 0.183 e. The van der Waals surface area contributed by atoms with Crippen LogP contribution in [0, 0.1) is 5.41 Å². The molecule has 1 unspecified atom stereocenters. The van der Waals surface area contributed by atoms with Gasteiger partial charge in [-0.05, 0) is 67.0 Å². The molecule has 0 saturated carbocycles. The summed E-state index contributed by atoms with van der Waals surface area (Å²) in [6.07, 6.45) is 4.67. The van der Waals surface area contributed by atoms with Crippen molar-refractivity contribution in [1.29, 1.82) is 0 Å². The van der Waals surface area contributed by atoms with Gasteiger partial charge in [-0.25, -0.2) is 0 Å². The minimum atomic E-state index is -1.55. The predicted octanol–water partition coefficient (Wildman–Crippen LogP) is 5.19. The number of hydrogen-bond donors (Lipinski definition) is 4. The van der Waals surface area contributed by atoms with E-state index in [1.165, 1.54) is 13.8 Å².